The zero-order valence-electron chi connectivity index (χ0n) is 15.2. The number of nitrogens with zero attached hydrogens (tertiary/aromatic N) is 2. The average molecular weight is 348 g/mol. The standard InChI is InChI=1S/C20H32N2O3/c23-19(21-11-5-8-14-6-1-3-9-16(14)21)13-22-17-10-4-2-7-15(17)12-18(22)20(24)25/h14-18H,1-13H2,(H,24,25)/t14-,15-,16-,17-,18-/m0/s1. The molecule has 5 nitrogen and oxygen atoms in total. The maximum atomic E-state index is 13.1. The molecule has 0 unspecified atom stereocenters. The van der Waals surface area contributed by atoms with Gasteiger partial charge in [0.25, 0.3) is 0 Å². The highest BCUT2D eigenvalue weighted by Crippen LogP contribution is 2.40. The van der Waals surface area contributed by atoms with Crippen molar-refractivity contribution in [3.63, 3.8) is 0 Å². The van der Waals surface area contributed by atoms with Gasteiger partial charge in [0, 0.05) is 18.6 Å². The Morgan fingerprint density at radius 2 is 1.48 bits per heavy atom. The molecule has 0 spiro atoms. The van der Waals surface area contributed by atoms with E-state index in [1.807, 2.05) is 0 Å². The number of piperidine rings is 1. The molecule has 4 fully saturated rings. The fourth-order valence-corrected chi connectivity index (χ4v) is 6.20. The van der Waals surface area contributed by atoms with Crippen molar-refractivity contribution >= 4 is 11.9 Å². The lowest BCUT2D eigenvalue weighted by Crippen LogP contribution is -2.54. The summed E-state index contributed by atoms with van der Waals surface area (Å²) in [7, 11) is 0. The summed E-state index contributed by atoms with van der Waals surface area (Å²) >= 11 is 0. The predicted molar refractivity (Wildman–Crippen MR) is 95.2 cm³/mol. The number of carboxylic acid groups (broad SMARTS) is 1. The van der Waals surface area contributed by atoms with Crippen LogP contribution in [0.5, 0.6) is 0 Å². The highest BCUT2D eigenvalue weighted by atomic mass is 16.4. The van der Waals surface area contributed by atoms with Crippen LogP contribution < -0.4 is 0 Å². The molecule has 5 heteroatoms. The van der Waals surface area contributed by atoms with Crippen LogP contribution in [0, 0.1) is 11.8 Å². The minimum Gasteiger partial charge on any atom is -0.480 e. The molecule has 4 rings (SSSR count). The monoisotopic (exact) mass is 348 g/mol. The van der Waals surface area contributed by atoms with Crippen molar-refractivity contribution in [3.05, 3.63) is 0 Å². The van der Waals surface area contributed by atoms with Crippen LogP contribution in [0.3, 0.4) is 0 Å². The van der Waals surface area contributed by atoms with Crippen LogP contribution in [-0.2, 0) is 9.59 Å². The smallest absolute Gasteiger partial charge is 0.320 e. The molecule has 2 aliphatic carbocycles. The lowest BCUT2D eigenvalue weighted by molar-refractivity contribution is -0.146. The highest BCUT2D eigenvalue weighted by Gasteiger charge is 2.46. The first kappa shape index (κ1) is 17.3. The van der Waals surface area contributed by atoms with Gasteiger partial charge in [-0.2, -0.15) is 0 Å². The van der Waals surface area contributed by atoms with Crippen LogP contribution in [0.4, 0.5) is 0 Å². The molecule has 1 N–H and O–H groups in total. The van der Waals surface area contributed by atoms with Gasteiger partial charge < -0.3 is 10.0 Å². The largest absolute Gasteiger partial charge is 0.480 e. The Kier molecular flexibility index (Phi) is 5.03. The summed E-state index contributed by atoms with van der Waals surface area (Å²) in [6.07, 6.45) is 12.6. The normalized spacial score (nSPS) is 38.9. The molecule has 2 saturated carbocycles. The summed E-state index contributed by atoms with van der Waals surface area (Å²) in [5, 5.41) is 9.67. The Morgan fingerprint density at radius 1 is 0.840 bits per heavy atom. The second-order valence-electron chi connectivity index (χ2n) is 8.72. The van der Waals surface area contributed by atoms with Crippen molar-refractivity contribution in [3.8, 4) is 0 Å². The summed E-state index contributed by atoms with van der Waals surface area (Å²) < 4.78 is 0. The van der Waals surface area contributed by atoms with E-state index in [9.17, 15) is 14.7 Å². The van der Waals surface area contributed by atoms with Crippen LogP contribution in [0.1, 0.15) is 70.6 Å². The molecular formula is C20H32N2O3. The lowest BCUT2D eigenvalue weighted by atomic mass is 9.78. The number of carbonyl (C=O) groups excluding carboxylic acids is 1. The summed E-state index contributed by atoms with van der Waals surface area (Å²) in [6.45, 7) is 1.20. The van der Waals surface area contributed by atoms with Crippen molar-refractivity contribution in [2.45, 2.75) is 88.8 Å². The lowest BCUT2D eigenvalue weighted by Gasteiger charge is -2.45. The number of amides is 1. The molecule has 4 aliphatic rings. The zero-order chi connectivity index (χ0) is 17.4. The second-order valence-corrected chi connectivity index (χ2v) is 8.72. The molecule has 0 aromatic rings. The number of hydrogen-bond acceptors (Lipinski definition) is 3. The maximum Gasteiger partial charge on any atom is 0.320 e. The summed E-state index contributed by atoms with van der Waals surface area (Å²) in [5.74, 6) is 0.611. The molecule has 0 aromatic heterocycles. The molecule has 5 atom stereocenters. The molecule has 140 valence electrons. The SMILES string of the molecule is O=C(O)[C@@H]1C[C@@H]2CCCC[C@@H]2N1CC(=O)N1CCC[C@@H]2CCCC[C@@H]21. The topological polar surface area (TPSA) is 60.9 Å². The molecule has 2 aliphatic heterocycles. The van der Waals surface area contributed by atoms with Gasteiger partial charge in [0.15, 0.2) is 0 Å². The molecule has 0 radical (unpaired) electrons. The van der Waals surface area contributed by atoms with Gasteiger partial charge in [0.1, 0.15) is 6.04 Å². The number of hydrogen-bond donors (Lipinski definition) is 1. The van der Waals surface area contributed by atoms with Crippen LogP contribution in [0.15, 0.2) is 0 Å². The fourth-order valence-electron chi connectivity index (χ4n) is 6.20. The summed E-state index contributed by atoms with van der Waals surface area (Å²) in [5.41, 5.74) is 0. The third-order valence-electron chi connectivity index (χ3n) is 7.39. The average Bonchev–Trinajstić information content (AvgIpc) is 3.00. The Labute approximate surface area is 150 Å². The number of fused-ring (bicyclic) bond motifs is 2. The van der Waals surface area contributed by atoms with E-state index < -0.39 is 12.0 Å². The van der Waals surface area contributed by atoms with E-state index in [1.54, 1.807) is 0 Å². The quantitative estimate of drug-likeness (QED) is 0.852. The Hall–Kier alpha value is -1.10. The number of carboxylic acids is 1. The number of carbonyl (C=O) groups is 2. The molecule has 25 heavy (non-hydrogen) atoms. The Bertz CT molecular complexity index is 521. The van der Waals surface area contributed by atoms with Crippen molar-refractivity contribution in [1.29, 1.82) is 0 Å². The molecular weight excluding hydrogens is 316 g/mol. The molecule has 0 bridgehead atoms. The van der Waals surface area contributed by atoms with E-state index >= 15 is 0 Å². The van der Waals surface area contributed by atoms with Gasteiger partial charge in [-0.3, -0.25) is 14.5 Å². The van der Waals surface area contributed by atoms with E-state index in [4.69, 9.17) is 0 Å². The first-order valence-electron chi connectivity index (χ1n) is 10.4. The van der Waals surface area contributed by atoms with Gasteiger partial charge in [-0.15, -0.1) is 0 Å². The van der Waals surface area contributed by atoms with E-state index in [0.29, 0.717) is 30.5 Å². The molecule has 2 heterocycles. The Balaban J connectivity index is 1.47. The summed E-state index contributed by atoms with van der Waals surface area (Å²) in [6, 6.07) is 0.276. The number of rotatable bonds is 3. The van der Waals surface area contributed by atoms with Gasteiger partial charge in [-0.05, 0) is 56.8 Å². The van der Waals surface area contributed by atoms with Gasteiger partial charge in [0.2, 0.25) is 5.91 Å². The first-order chi connectivity index (χ1) is 12.1. The van der Waals surface area contributed by atoms with E-state index in [-0.39, 0.29) is 5.91 Å². The van der Waals surface area contributed by atoms with Crippen LogP contribution in [0.2, 0.25) is 0 Å². The van der Waals surface area contributed by atoms with E-state index in [0.717, 1.165) is 38.6 Å². The second kappa shape index (κ2) is 7.26. The minimum atomic E-state index is -0.739. The van der Waals surface area contributed by atoms with Gasteiger partial charge in [0.05, 0.1) is 6.54 Å². The zero-order valence-corrected chi connectivity index (χ0v) is 15.2. The van der Waals surface area contributed by atoms with Crippen LogP contribution >= 0.6 is 0 Å². The van der Waals surface area contributed by atoms with Crippen molar-refractivity contribution in [2.75, 3.05) is 13.1 Å². The predicted octanol–water partition coefficient (Wildman–Crippen LogP) is 2.89. The summed E-state index contributed by atoms with van der Waals surface area (Å²) in [4.78, 5) is 29.1. The van der Waals surface area contributed by atoms with Crippen molar-refractivity contribution < 1.29 is 14.7 Å². The minimum absolute atomic E-state index is 0.189. The van der Waals surface area contributed by atoms with Gasteiger partial charge in [-0.25, -0.2) is 0 Å². The van der Waals surface area contributed by atoms with Crippen molar-refractivity contribution in [1.82, 2.24) is 9.80 Å². The molecule has 2 saturated heterocycles. The molecule has 1 amide bonds. The fraction of sp³-hybridized carbons (Fsp3) is 0.900. The highest BCUT2D eigenvalue weighted by molar-refractivity contribution is 5.81. The van der Waals surface area contributed by atoms with Crippen molar-refractivity contribution in [2.24, 2.45) is 11.8 Å². The maximum absolute atomic E-state index is 13.1. The number of likely N-dealkylation sites (tertiary alicyclic amines) is 2. The van der Waals surface area contributed by atoms with Gasteiger partial charge >= 0.3 is 5.97 Å². The molecule has 0 aromatic carbocycles. The third kappa shape index (κ3) is 3.32. The number of aliphatic carboxylic acids is 1. The van der Waals surface area contributed by atoms with E-state index in [2.05, 4.69) is 9.80 Å². The van der Waals surface area contributed by atoms with Crippen LogP contribution in [0.25, 0.3) is 0 Å². The Morgan fingerprint density at radius 3 is 2.24 bits per heavy atom. The third-order valence-corrected chi connectivity index (χ3v) is 7.39. The van der Waals surface area contributed by atoms with Gasteiger partial charge in [-0.1, -0.05) is 25.7 Å². The van der Waals surface area contributed by atoms with Crippen LogP contribution in [-0.4, -0.2) is 58.0 Å². The first-order valence-corrected chi connectivity index (χ1v) is 10.4. The van der Waals surface area contributed by atoms with E-state index in [1.165, 1.54) is 38.5 Å².